The fourth-order valence-electron chi connectivity index (χ4n) is 2.40. The fraction of sp³-hybridized carbons (Fsp3) is 0. The van der Waals surface area contributed by atoms with Gasteiger partial charge in [0.05, 0.1) is 0 Å². The average Bonchev–Trinajstić information content (AvgIpc) is 3.24. The van der Waals surface area contributed by atoms with Crippen molar-refractivity contribution in [3.05, 3.63) is 73.5 Å². The molecule has 0 aliphatic heterocycles. The molecule has 0 saturated heterocycles. The number of para-hydroxylation sites is 2. The van der Waals surface area contributed by atoms with E-state index in [0.29, 0.717) is 0 Å². The van der Waals surface area contributed by atoms with Crippen molar-refractivity contribution in [1.29, 1.82) is 0 Å². The molecule has 0 N–H and O–H groups in total. The highest BCUT2D eigenvalue weighted by Crippen LogP contribution is 2.23. The summed E-state index contributed by atoms with van der Waals surface area (Å²) in [6, 6.07) is 19.8. The lowest BCUT2D eigenvalue weighted by Crippen LogP contribution is -1.73. The molecule has 22 heavy (non-hydrogen) atoms. The van der Waals surface area contributed by atoms with Crippen LogP contribution in [0.2, 0.25) is 0 Å². The zero-order chi connectivity index (χ0) is 14.8. The van der Waals surface area contributed by atoms with Crippen LogP contribution in [0.25, 0.3) is 33.0 Å². The summed E-state index contributed by atoms with van der Waals surface area (Å²) in [5.74, 6) is 0. The van der Waals surface area contributed by atoms with Gasteiger partial charge in [-0.3, -0.25) is 0 Å². The van der Waals surface area contributed by atoms with Crippen LogP contribution in [0.4, 0.5) is 0 Å². The molecular formula is C18H12N2O2. The van der Waals surface area contributed by atoms with Gasteiger partial charge in [-0.25, -0.2) is 9.97 Å². The number of aromatic nitrogens is 2. The minimum absolute atomic E-state index is 0.845. The largest absolute Gasteiger partial charge is 0.443 e. The molecule has 0 bridgehead atoms. The normalized spacial score (nSPS) is 10.7. The number of hydrogen-bond acceptors (Lipinski definition) is 4. The third kappa shape index (κ3) is 2.20. The minimum Gasteiger partial charge on any atom is -0.443 e. The van der Waals surface area contributed by atoms with Crippen LogP contribution in [-0.2, 0) is 0 Å². The SMILES string of the molecule is c1ccc2c(c1)ccc1ocnc12.c1ccc2ocnc2c1. The predicted molar refractivity (Wildman–Crippen MR) is 85.5 cm³/mol. The maximum atomic E-state index is 5.21. The minimum atomic E-state index is 0.845. The van der Waals surface area contributed by atoms with Gasteiger partial charge in [0.15, 0.2) is 24.0 Å². The molecule has 4 heteroatoms. The van der Waals surface area contributed by atoms with Gasteiger partial charge in [-0.05, 0) is 23.6 Å². The number of oxazole rings is 2. The predicted octanol–water partition coefficient (Wildman–Crippen LogP) is 4.81. The lowest BCUT2D eigenvalue weighted by molar-refractivity contribution is 0.602. The number of nitrogens with zero attached hydrogens (tertiary/aromatic N) is 2. The summed E-state index contributed by atoms with van der Waals surface area (Å²) in [6.45, 7) is 0. The molecule has 0 unspecified atom stereocenters. The fourth-order valence-corrected chi connectivity index (χ4v) is 2.40. The van der Waals surface area contributed by atoms with Gasteiger partial charge in [0.1, 0.15) is 11.0 Å². The average molecular weight is 288 g/mol. The van der Waals surface area contributed by atoms with Crippen LogP contribution in [-0.4, -0.2) is 9.97 Å². The molecule has 0 saturated carbocycles. The van der Waals surface area contributed by atoms with Crippen LogP contribution in [0.5, 0.6) is 0 Å². The van der Waals surface area contributed by atoms with Gasteiger partial charge in [0, 0.05) is 5.39 Å². The molecule has 0 aliphatic carbocycles. The molecule has 5 rings (SSSR count). The first-order chi connectivity index (χ1) is 10.9. The zero-order valence-corrected chi connectivity index (χ0v) is 11.6. The highest BCUT2D eigenvalue weighted by Gasteiger charge is 2.02. The van der Waals surface area contributed by atoms with E-state index in [4.69, 9.17) is 8.83 Å². The first-order valence-electron chi connectivity index (χ1n) is 6.91. The van der Waals surface area contributed by atoms with E-state index in [9.17, 15) is 0 Å². The van der Waals surface area contributed by atoms with Gasteiger partial charge < -0.3 is 8.83 Å². The number of hydrogen-bond donors (Lipinski definition) is 0. The molecule has 0 amide bonds. The second-order valence-corrected chi connectivity index (χ2v) is 4.81. The molecule has 0 atom stereocenters. The van der Waals surface area contributed by atoms with Gasteiger partial charge in [-0.15, -0.1) is 0 Å². The maximum absolute atomic E-state index is 5.21. The molecule has 106 valence electrons. The van der Waals surface area contributed by atoms with Crippen LogP contribution >= 0.6 is 0 Å². The van der Waals surface area contributed by atoms with Crippen molar-refractivity contribution < 1.29 is 8.83 Å². The highest BCUT2D eigenvalue weighted by molar-refractivity contribution is 6.03. The molecule has 2 heterocycles. The summed E-state index contributed by atoms with van der Waals surface area (Å²) in [4.78, 5) is 8.13. The lowest BCUT2D eigenvalue weighted by atomic mass is 10.1. The number of fused-ring (bicyclic) bond motifs is 4. The Morgan fingerprint density at radius 1 is 0.636 bits per heavy atom. The molecule has 0 aliphatic rings. The van der Waals surface area contributed by atoms with Crippen molar-refractivity contribution in [2.75, 3.05) is 0 Å². The van der Waals surface area contributed by atoms with Crippen molar-refractivity contribution >= 4 is 33.0 Å². The third-order valence-electron chi connectivity index (χ3n) is 3.46. The first kappa shape index (κ1) is 12.6. The van der Waals surface area contributed by atoms with E-state index in [2.05, 4.69) is 22.1 Å². The van der Waals surface area contributed by atoms with E-state index in [0.717, 1.165) is 27.6 Å². The molecule has 0 spiro atoms. The van der Waals surface area contributed by atoms with Crippen molar-refractivity contribution in [2.45, 2.75) is 0 Å². The topological polar surface area (TPSA) is 52.1 Å². The Bertz CT molecular complexity index is 1020. The lowest BCUT2D eigenvalue weighted by Gasteiger charge is -1.95. The molecule has 4 nitrogen and oxygen atoms in total. The van der Waals surface area contributed by atoms with Crippen molar-refractivity contribution in [3.63, 3.8) is 0 Å². The Morgan fingerprint density at radius 3 is 2.36 bits per heavy atom. The van der Waals surface area contributed by atoms with Crippen molar-refractivity contribution in [2.24, 2.45) is 0 Å². The van der Waals surface area contributed by atoms with Crippen LogP contribution in [0.1, 0.15) is 0 Å². The van der Waals surface area contributed by atoms with E-state index in [-0.39, 0.29) is 0 Å². The van der Waals surface area contributed by atoms with E-state index in [1.165, 1.54) is 18.2 Å². The van der Waals surface area contributed by atoms with Crippen molar-refractivity contribution in [3.8, 4) is 0 Å². The van der Waals surface area contributed by atoms with E-state index >= 15 is 0 Å². The van der Waals surface area contributed by atoms with Gasteiger partial charge in [-0.1, -0.05) is 42.5 Å². The number of benzene rings is 3. The summed E-state index contributed by atoms with van der Waals surface area (Å²) in [7, 11) is 0. The Labute approximate surface area is 126 Å². The van der Waals surface area contributed by atoms with Crippen LogP contribution in [0.3, 0.4) is 0 Å². The summed E-state index contributed by atoms with van der Waals surface area (Å²) < 4.78 is 10.2. The quantitative estimate of drug-likeness (QED) is 0.410. The monoisotopic (exact) mass is 288 g/mol. The summed E-state index contributed by atoms with van der Waals surface area (Å²) >= 11 is 0. The Morgan fingerprint density at radius 2 is 1.41 bits per heavy atom. The van der Waals surface area contributed by atoms with E-state index in [1.54, 1.807) is 0 Å². The number of rotatable bonds is 0. The van der Waals surface area contributed by atoms with Gasteiger partial charge in [0.2, 0.25) is 0 Å². The summed E-state index contributed by atoms with van der Waals surface area (Å²) in [6.07, 6.45) is 2.93. The van der Waals surface area contributed by atoms with Gasteiger partial charge >= 0.3 is 0 Å². The Kier molecular flexibility index (Phi) is 3.05. The van der Waals surface area contributed by atoms with Crippen LogP contribution in [0.15, 0.2) is 82.3 Å². The van der Waals surface area contributed by atoms with Gasteiger partial charge in [0.25, 0.3) is 0 Å². The first-order valence-corrected chi connectivity index (χ1v) is 6.91. The van der Waals surface area contributed by atoms with Crippen molar-refractivity contribution in [1.82, 2.24) is 9.97 Å². The molecule has 2 aromatic heterocycles. The second-order valence-electron chi connectivity index (χ2n) is 4.81. The highest BCUT2D eigenvalue weighted by atomic mass is 16.3. The third-order valence-corrected chi connectivity index (χ3v) is 3.46. The summed E-state index contributed by atoms with van der Waals surface area (Å²) in [5, 5.41) is 2.35. The second kappa shape index (κ2) is 5.33. The molecule has 0 radical (unpaired) electrons. The molecule has 0 fully saturated rings. The van der Waals surface area contributed by atoms with Gasteiger partial charge in [-0.2, -0.15) is 0 Å². The van der Waals surface area contributed by atoms with E-state index < -0.39 is 0 Å². The Hall–Kier alpha value is -3.14. The standard InChI is InChI=1S/C11H7NO.C7H5NO/c1-2-4-9-8(3-1)5-6-10-11(9)12-7-13-10;1-2-4-7-6(3-1)8-5-9-7/h1-7H;1-5H. The van der Waals surface area contributed by atoms with E-state index in [1.807, 2.05) is 48.5 Å². The summed E-state index contributed by atoms with van der Waals surface area (Å²) in [5.41, 5.74) is 3.55. The maximum Gasteiger partial charge on any atom is 0.182 e. The molecule has 5 aromatic rings. The van der Waals surface area contributed by atoms with Crippen LogP contribution in [0, 0.1) is 0 Å². The Balaban J connectivity index is 0.000000122. The zero-order valence-electron chi connectivity index (χ0n) is 11.6. The molecular weight excluding hydrogens is 276 g/mol. The molecule has 3 aromatic carbocycles. The van der Waals surface area contributed by atoms with Crippen LogP contribution < -0.4 is 0 Å². The smallest absolute Gasteiger partial charge is 0.182 e.